The number of nitrogens with zero attached hydrogens (tertiary/aromatic N) is 2. The van der Waals surface area contributed by atoms with Crippen LogP contribution in [0.3, 0.4) is 0 Å². The van der Waals surface area contributed by atoms with Gasteiger partial charge in [0.15, 0.2) is 0 Å². The molecule has 0 aromatic heterocycles. The van der Waals surface area contributed by atoms with Crippen LogP contribution in [0.5, 0.6) is 0 Å². The number of hydrogen-bond acceptors (Lipinski definition) is 10. The minimum Gasteiger partial charge on any atom is -0.445 e. The summed E-state index contributed by atoms with van der Waals surface area (Å²) >= 11 is 0. The van der Waals surface area contributed by atoms with E-state index in [0.29, 0.717) is 36.7 Å². The Morgan fingerprint density at radius 1 is 1.00 bits per heavy atom. The molecule has 0 radical (unpaired) electrons. The van der Waals surface area contributed by atoms with Crippen molar-refractivity contribution in [3.63, 3.8) is 0 Å². The summed E-state index contributed by atoms with van der Waals surface area (Å²) in [5, 5.41) is 2.96. The Hall–Kier alpha value is -3.81. The van der Waals surface area contributed by atoms with Gasteiger partial charge in [0.1, 0.15) is 18.7 Å². The third-order valence-corrected chi connectivity index (χ3v) is 9.96. The molecular weight excluding hydrogens is 600 g/mol. The van der Waals surface area contributed by atoms with Gasteiger partial charge in [-0.3, -0.25) is 4.79 Å². The number of nitrogens with two attached hydrogens (primary N) is 1. The number of rotatable bonds is 12. The van der Waals surface area contributed by atoms with Gasteiger partial charge in [-0.05, 0) is 82.7 Å². The predicted molar refractivity (Wildman–Crippen MR) is 165 cm³/mol. The van der Waals surface area contributed by atoms with Crippen molar-refractivity contribution in [2.24, 2.45) is 11.7 Å². The molecule has 0 saturated carbocycles. The fraction of sp³-hybridized carbons (Fsp3) is 0.500. The van der Waals surface area contributed by atoms with E-state index in [2.05, 4.69) is 5.32 Å². The number of amides is 2. The van der Waals surface area contributed by atoms with E-state index in [9.17, 15) is 27.6 Å². The second-order valence-corrected chi connectivity index (χ2v) is 13.3. The molecule has 3 N–H and O–H groups in total. The maximum Gasteiger partial charge on any atom is 0.410 e. The Bertz CT molecular complexity index is 1420. The normalized spacial score (nSPS) is 17.8. The average Bonchev–Trinajstić information content (AvgIpc) is 3.59. The number of likely N-dealkylation sites (tertiary alicyclic amines) is 1. The van der Waals surface area contributed by atoms with Crippen molar-refractivity contribution < 1.29 is 37.1 Å². The summed E-state index contributed by atoms with van der Waals surface area (Å²) in [6.07, 6.45) is 1.74. The van der Waals surface area contributed by atoms with Crippen molar-refractivity contribution in [3.05, 3.63) is 65.7 Å². The van der Waals surface area contributed by atoms with Crippen molar-refractivity contribution >= 4 is 34.0 Å². The average molecular weight is 643 g/mol. The molecule has 4 rings (SSSR count). The first-order valence-corrected chi connectivity index (χ1v) is 16.9. The molecule has 45 heavy (non-hydrogen) atoms. The van der Waals surface area contributed by atoms with Crippen LogP contribution >= 0.6 is 0 Å². The summed E-state index contributed by atoms with van der Waals surface area (Å²) in [5.74, 6) is -3.49. The first-order valence-electron chi connectivity index (χ1n) is 15.4. The molecule has 2 atom stereocenters. The van der Waals surface area contributed by atoms with Crippen molar-refractivity contribution in [2.45, 2.75) is 75.5 Å². The number of carbonyl (C=O) groups is 4. The number of nitrogens with one attached hydrogen (secondary N) is 1. The first kappa shape index (κ1) is 34.1. The number of unbranched alkanes of at least 4 members (excludes halogenated alkanes) is 1. The molecule has 13 heteroatoms. The predicted octanol–water partition coefficient (Wildman–Crippen LogP) is 2.88. The van der Waals surface area contributed by atoms with Gasteiger partial charge in [0.05, 0.1) is 4.90 Å². The van der Waals surface area contributed by atoms with Gasteiger partial charge in [-0.25, -0.2) is 27.1 Å². The van der Waals surface area contributed by atoms with Crippen LogP contribution in [0.15, 0.2) is 59.5 Å². The van der Waals surface area contributed by atoms with Crippen molar-refractivity contribution in [2.75, 3.05) is 26.2 Å². The van der Waals surface area contributed by atoms with Crippen molar-refractivity contribution in [3.8, 4) is 0 Å². The van der Waals surface area contributed by atoms with Crippen LogP contribution in [0.2, 0.25) is 0 Å². The molecule has 2 heterocycles. The highest BCUT2D eigenvalue weighted by Gasteiger charge is 2.44. The topological polar surface area (TPSA) is 165 Å². The number of ether oxygens (including phenoxy) is 2. The number of aryl methyl sites for hydroxylation is 1. The molecular formula is C32H42N4O8S. The second-order valence-electron chi connectivity index (χ2n) is 11.4. The van der Waals surface area contributed by atoms with Crippen molar-refractivity contribution in [1.82, 2.24) is 14.5 Å². The van der Waals surface area contributed by atoms with E-state index in [1.807, 2.05) is 30.3 Å². The number of piperidine rings is 1. The zero-order valence-electron chi connectivity index (χ0n) is 25.6. The van der Waals surface area contributed by atoms with Crippen LogP contribution in [0.25, 0.3) is 0 Å². The highest BCUT2D eigenvalue weighted by Crippen LogP contribution is 2.29. The molecule has 2 aromatic carbocycles. The molecule has 2 saturated heterocycles. The smallest absolute Gasteiger partial charge is 0.410 e. The van der Waals surface area contributed by atoms with Gasteiger partial charge in [-0.1, -0.05) is 48.0 Å². The van der Waals surface area contributed by atoms with Crippen LogP contribution < -0.4 is 11.1 Å². The second kappa shape index (κ2) is 16.0. The van der Waals surface area contributed by atoms with Gasteiger partial charge >= 0.3 is 18.0 Å². The van der Waals surface area contributed by atoms with Crippen LogP contribution in [0, 0.1) is 12.8 Å². The van der Waals surface area contributed by atoms with Crippen LogP contribution in [-0.2, 0) is 40.5 Å². The zero-order valence-corrected chi connectivity index (χ0v) is 26.4. The van der Waals surface area contributed by atoms with E-state index >= 15 is 0 Å². The van der Waals surface area contributed by atoms with Crippen LogP contribution in [0.4, 0.5) is 4.79 Å². The quantitative estimate of drug-likeness (QED) is 0.200. The van der Waals surface area contributed by atoms with E-state index < -0.39 is 52.0 Å². The lowest BCUT2D eigenvalue weighted by Gasteiger charge is -2.36. The highest BCUT2D eigenvalue weighted by atomic mass is 32.2. The van der Waals surface area contributed by atoms with Gasteiger partial charge in [-0.2, -0.15) is 0 Å². The molecule has 12 nitrogen and oxygen atoms in total. The lowest BCUT2D eigenvalue weighted by Crippen LogP contribution is -2.53. The monoisotopic (exact) mass is 642 g/mol. The zero-order chi connectivity index (χ0) is 32.4. The SMILES string of the molecule is Cc1ccc(S(=O)(=O)N(C(=O)C2CCN(C(=O)OCc3ccccc3)CC2)[C@@H](CCCCN)C(=O)OC(=O)[C@@H]2CCCN2)cc1. The first-order chi connectivity index (χ1) is 21.6. The lowest BCUT2D eigenvalue weighted by atomic mass is 9.95. The molecule has 0 bridgehead atoms. The fourth-order valence-corrected chi connectivity index (χ4v) is 7.12. The molecule has 2 amide bonds. The van der Waals surface area contributed by atoms with E-state index in [4.69, 9.17) is 15.2 Å². The largest absolute Gasteiger partial charge is 0.445 e. The molecule has 0 spiro atoms. The lowest BCUT2D eigenvalue weighted by molar-refractivity contribution is -0.165. The number of esters is 2. The molecule has 244 valence electrons. The minimum atomic E-state index is -4.55. The molecule has 0 unspecified atom stereocenters. The summed E-state index contributed by atoms with van der Waals surface area (Å²) < 4.78 is 39.5. The third-order valence-electron chi connectivity index (χ3n) is 8.14. The van der Waals surface area contributed by atoms with Crippen LogP contribution in [0.1, 0.15) is 56.1 Å². The fourth-order valence-electron chi connectivity index (χ4n) is 5.50. The van der Waals surface area contributed by atoms with E-state index in [1.165, 1.54) is 17.0 Å². The summed E-state index contributed by atoms with van der Waals surface area (Å²) in [7, 11) is -4.55. The summed E-state index contributed by atoms with van der Waals surface area (Å²) in [5.41, 5.74) is 7.32. The van der Waals surface area contributed by atoms with E-state index in [-0.39, 0.29) is 43.9 Å². The van der Waals surface area contributed by atoms with Crippen molar-refractivity contribution in [1.29, 1.82) is 0 Å². The maximum absolute atomic E-state index is 14.2. The Labute approximate surface area is 264 Å². The number of carbonyl (C=O) groups excluding carboxylic acids is 4. The minimum absolute atomic E-state index is 0.0666. The molecule has 0 aliphatic carbocycles. The van der Waals surface area contributed by atoms with Gasteiger partial charge in [0.25, 0.3) is 10.0 Å². The Morgan fingerprint density at radius 2 is 1.69 bits per heavy atom. The summed E-state index contributed by atoms with van der Waals surface area (Å²) in [6.45, 7) is 3.12. The van der Waals surface area contributed by atoms with E-state index in [1.54, 1.807) is 19.1 Å². The Kier molecular flexibility index (Phi) is 12.1. The number of hydrogen-bond donors (Lipinski definition) is 2. The molecule has 2 aliphatic rings. The van der Waals surface area contributed by atoms with Gasteiger partial charge in [0, 0.05) is 19.0 Å². The third kappa shape index (κ3) is 8.89. The van der Waals surface area contributed by atoms with Gasteiger partial charge in [0.2, 0.25) is 5.91 Å². The summed E-state index contributed by atoms with van der Waals surface area (Å²) in [4.78, 5) is 54.5. The molecule has 2 aromatic rings. The standard InChI is InChI=1S/C32H42N4O8S/c1-23-12-14-26(15-13-23)45(41,42)36(28(11-5-6-18-33)31(39)44-30(38)27-10-7-19-34-27)29(37)25-16-20-35(21-17-25)32(40)43-22-24-8-3-2-4-9-24/h2-4,8-9,12-15,25,27-28,34H,5-7,10-11,16-22,33H2,1H3/t27-,28-/m0/s1. The number of benzene rings is 2. The van der Waals surface area contributed by atoms with E-state index in [0.717, 1.165) is 17.5 Å². The molecule has 2 aliphatic heterocycles. The molecule has 2 fully saturated rings. The van der Waals surface area contributed by atoms with Crippen LogP contribution in [-0.4, -0.2) is 79.8 Å². The number of sulfonamides is 1. The maximum atomic E-state index is 14.2. The highest BCUT2D eigenvalue weighted by molar-refractivity contribution is 7.89. The van der Waals surface area contributed by atoms with Gasteiger partial charge in [-0.15, -0.1) is 0 Å². The summed E-state index contributed by atoms with van der Waals surface area (Å²) in [6, 6.07) is 13.0. The Balaban J connectivity index is 1.55. The Morgan fingerprint density at radius 3 is 2.31 bits per heavy atom. The van der Waals surface area contributed by atoms with Gasteiger partial charge < -0.3 is 25.4 Å².